The number of piperidine rings is 1. The van der Waals surface area contributed by atoms with Crippen molar-refractivity contribution in [1.29, 1.82) is 0 Å². The van der Waals surface area contributed by atoms with E-state index in [4.69, 9.17) is 10.1 Å². The molecule has 4 rings (SSSR count). The average molecular weight is 439 g/mol. The molecule has 2 aromatic rings. The van der Waals surface area contributed by atoms with Crippen molar-refractivity contribution in [3.05, 3.63) is 41.6 Å². The number of nitrogens with zero attached hydrogens (tertiary/aromatic N) is 3. The lowest BCUT2D eigenvalue weighted by Crippen LogP contribution is -2.45. The maximum Gasteiger partial charge on any atom is 0.225 e. The number of nitrogens with one attached hydrogen (secondary N) is 1. The van der Waals surface area contributed by atoms with Crippen molar-refractivity contribution >= 4 is 5.95 Å². The number of hydrogen-bond donors (Lipinski definition) is 3. The van der Waals surface area contributed by atoms with Gasteiger partial charge in [0.2, 0.25) is 5.95 Å². The molecule has 2 aliphatic rings. The molecule has 1 aliphatic carbocycles. The molecule has 0 radical (unpaired) electrons. The van der Waals surface area contributed by atoms with E-state index in [1.807, 2.05) is 12.3 Å². The van der Waals surface area contributed by atoms with Gasteiger partial charge in [-0.3, -0.25) is 0 Å². The molecule has 1 aromatic carbocycles. The minimum atomic E-state index is -0.694. The van der Waals surface area contributed by atoms with Gasteiger partial charge in [0.25, 0.3) is 0 Å². The summed E-state index contributed by atoms with van der Waals surface area (Å²) in [6, 6.07) is 9.24. The lowest BCUT2D eigenvalue weighted by atomic mass is 9.63. The van der Waals surface area contributed by atoms with Crippen molar-refractivity contribution in [3.8, 4) is 11.3 Å². The number of rotatable bonds is 6. The zero-order chi connectivity index (χ0) is 22.9. The SMILES string of the molecule is CC1(C)CCC(C)(C)c2cc(-c3ccnc(N4CCC(NC[C@H](O)CO)CC4)n3)ccc21. The summed E-state index contributed by atoms with van der Waals surface area (Å²) in [6.07, 6.45) is 5.52. The van der Waals surface area contributed by atoms with Crippen LogP contribution in [0, 0.1) is 0 Å². The summed E-state index contributed by atoms with van der Waals surface area (Å²) in [4.78, 5) is 11.7. The summed E-state index contributed by atoms with van der Waals surface area (Å²) in [6.45, 7) is 11.4. The van der Waals surface area contributed by atoms with E-state index >= 15 is 0 Å². The predicted molar refractivity (Wildman–Crippen MR) is 129 cm³/mol. The van der Waals surface area contributed by atoms with Gasteiger partial charge in [-0.05, 0) is 59.8 Å². The Balaban J connectivity index is 1.50. The highest BCUT2D eigenvalue weighted by Gasteiger charge is 2.37. The number of anilines is 1. The Morgan fingerprint density at radius 3 is 2.44 bits per heavy atom. The van der Waals surface area contributed by atoms with Crippen LogP contribution in [0.25, 0.3) is 11.3 Å². The van der Waals surface area contributed by atoms with Crippen LogP contribution in [0.5, 0.6) is 0 Å². The van der Waals surface area contributed by atoms with Crippen LogP contribution in [0.3, 0.4) is 0 Å². The standard InChI is InChI=1S/C26H38N4O2/c1-25(2)10-11-26(3,4)22-15-18(5-6-21(22)25)23-7-12-27-24(29-23)30-13-8-19(9-14-30)28-16-20(32)17-31/h5-7,12,15,19-20,28,31-32H,8-11,13-14,16-17H2,1-4H3/t20-/m0/s1. The molecule has 32 heavy (non-hydrogen) atoms. The number of benzene rings is 1. The number of aliphatic hydroxyl groups excluding tert-OH is 2. The molecule has 1 aromatic heterocycles. The van der Waals surface area contributed by atoms with Crippen LogP contribution < -0.4 is 10.2 Å². The minimum Gasteiger partial charge on any atom is -0.394 e. The molecular formula is C26H38N4O2. The molecule has 0 saturated carbocycles. The first-order valence-electron chi connectivity index (χ1n) is 12.0. The van der Waals surface area contributed by atoms with E-state index in [1.54, 1.807) is 0 Å². The molecule has 1 saturated heterocycles. The van der Waals surface area contributed by atoms with Crippen LogP contribution in [-0.4, -0.2) is 58.6 Å². The smallest absolute Gasteiger partial charge is 0.225 e. The Morgan fingerprint density at radius 2 is 1.75 bits per heavy atom. The lowest BCUT2D eigenvalue weighted by Gasteiger charge is -2.42. The lowest BCUT2D eigenvalue weighted by molar-refractivity contribution is 0.0909. The van der Waals surface area contributed by atoms with Crippen molar-refractivity contribution in [2.75, 3.05) is 31.1 Å². The third-order valence-corrected chi connectivity index (χ3v) is 7.42. The van der Waals surface area contributed by atoms with Gasteiger partial charge in [0.15, 0.2) is 0 Å². The fourth-order valence-electron chi connectivity index (χ4n) is 5.06. The summed E-state index contributed by atoms with van der Waals surface area (Å²) >= 11 is 0. The summed E-state index contributed by atoms with van der Waals surface area (Å²) in [5, 5.41) is 21.9. The van der Waals surface area contributed by atoms with Crippen molar-refractivity contribution < 1.29 is 10.2 Å². The summed E-state index contributed by atoms with van der Waals surface area (Å²) in [5.41, 5.74) is 5.44. The topological polar surface area (TPSA) is 81.5 Å². The highest BCUT2D eigenvalue weighted by Crippen LogP contribution is 2.46. The first kappa shape index (κ1) is 23.1. The molecule has 6 nitrogen and oxygen atoms in total. The molecular weight excluding hydrogens is 400 g/mol. The first-order chi connectivity index (χ1) is 15.2. The van der Waals surface area contributed by atoms with Crippen LogP contribution >= 0.6 is 0 Å². The van der Waals surface area contributed by atoms with Crippen molar-refractivity contribution in [1.82, 2.24) is 15.3 Å². The number of aliphatic hydroxyl groups is 2. The van der Waals surface area contributed by atoms with Crippen LogP contribution in [0.2, 0.25) is 0 Å². The Labute approximate surface area is 192 Å². The molecule has 1 atom stereocenters. The van der Waals surface area contributed by atoms with Gasteiger partial charge in [0.1, 0.15) is 0 Å². The van der Waals surface area contributed by atoms with Gasteiger partial charge in [-0.2, -0.15) is 0 Å². The van der Waals surface area contributed by atoms with Gasteiger partial charge < -0.3 is 20.4 Å². The number of hydrogen-bond acceptors (Lipinski definition) is 6. The number of fused-ring (bicyclic) bond motifs is 1. The fourth-order valence-corrected chi connectivity index (χ4v) is 5.06. The molecule has 0 amide bonds. The van der Waals surface area contributed by atoms with Gasteiger partial charge >= 0.3 is 0 Å². The Morgan fingerprint density at radius 1 is 1.06 bits per heavy atom. The maximum atomic E-state index is 9.55. The van der Waals surface area contributed by atoms with Crippen LogP contribution in [0.15, 0.2) is 30.5 Å². The average Bonchev–Trinajstić information content (AvgIpc) is 2.81. The predicted octanol–water partition coefficient (Wildman–Crippen LogP) is 3.40. The molecule has 1 aliphatic heterocycles. The third kappa shape index (κ3) is 4.82. The van der Waals surface area contributed by atoms with Gasteiger partial charge in [0, 0.05) is 37.4 Å². The Bertz CT molecular complexity index is 935. The van der Waals surface area contributed by atoms with E-state index < -0.39 is 6.10 Å². The molecule has 1 fully saturated rings. The van der Waals surface area contributed by atoms with Crippen molar-refractivity contribution in [2.24, 2.45) is 0 Å². The molecule has 3 N–H and O–H groups in total. The minimum absolute atomic E-state index is 0.176. The first-order valence-corrected chi connectivity index (χ1v) is 12.0. The second kappa shape index (κ2) is 9.08. The summed E-state index contributed by atoms with van der Waals surface area (Å²) < 4.78 is 0. The summed E-state index contributed by atoms with van der Waals surface area (Å²) in [7, 11) is 0. The van der Waals surface area contributed by atoms with Crippen LogP contribution in [-0.2, 0) is 10.8 Å². The monoisotopic (exact) mass is 438 g/mol. The van der Waals surface area contributed by atoms with Gasteiger partial charge in [0.05, 0.1) is 18.4 Å². The summed E-state index contributed by atoms with van der Waals surface area (Å²) in [5.74, 6) is 0.786. The Kier molecular flexibility index (Phi) is 6.57. The van der Waals surface area contributed by atoms with E-state index in [9.17, 15) is 5.11 Å². The Hall–Kier alpha value is -2.02. The van der Waals surface area contributed by atoms with E-state index in [-0.39, 0.29) is 17.4 Å². The quantitative estimate of drug-likeness (QED) is 0.641. The number of aromatic nitrogens is 2. The zero-order valence-electron chi connectivity index (χ0n) is 19.9. The maximum absolute atomic E-state index is 9.55. The largest absolute Gasteiger partial charge is 0.394 e. The normalized spacial score (nSPS) is 21.2. The molecule has 2 heterocycles. The van der Waals surface area contributed by atoms with E-state index in [1.165, 1.54) is 24.0 Å². The zero-order valence-corrected chi connectivity index (χ0v) is 19.9. The second-order valence-electron chi connectivity index (χ2n) is 10.8. The third-order valence-electron chi connectivity index (χ3n) is 7.42. The van der Waals surface area contributed by atoms with E-state index in [0.29, 0.717) is 12.6 Å². The van der Waals surface area contributed by atoms with Gasteiger partial charge in [-0.15, -0.1) is 0 Å². The fraction of sp³-hybridized carbons (Fsp3) is 0.615. The van der Waals surface area contributed by atoms with Crippen molar-refractivity contribution in [2.45, 2.75) is 76.4 Å². The van der Waals surface area contributed by atoms with Gasteiger partial charge in [-0.25, -0.2) is 9.97 Å². The van der Waals surface area contributed by atoms with E-state index in [0.717, 1.165) is 43.1 Å². The molecule has 174 valence electrons. The highest BCUT2D eigenvalue weighted by atomic mass is 16.3. The molecule has 0 unspecified atom stereocenters. The van der Waals surface area contributed by atoms with Crippen molar-refractivity contribution in [3.63, 3.8) is 0 Å². The van der Waals surface area contributed by atoms with Crippen LogP contribution in [0.1, 0.15) is 64.5 Å². The second-order valence-corrected chi connectivity index (χ2v) is 10.8. The molecule has 6 heteroatoms. The highest BCUT2D eigenvalue weighted by molar-refractivity contribution is 5.64. The van der Waals surface area contributed by atoms with E-state index in [2.05, 4.69) is 61.1 Å². The molecule has 0 bridgehead atoms. The van der Waals surface area contributed by atoms with Crippen LogP contribution in [0.4, 0.5) is 5.95 Å². The van der Waals surface area contributed by atoms with Gasteiger partial charge in [-0.1, -0.05) is 39.8 Å². The molecule has 0 spiro atoms.